The Kier molecular flexibility index (Phi) is 18.4. The molecule has 482 valence electrons. The van der Waals surface area contributed by atoms with E-state index in [2.05, 4.69) is 271 Å². The number of hydrogen-bond acceptors (Lipinski definition) is 7. The van der Waals surface area contributed by atoms with Crippen LogP contribution < -0.4 is 42.0 Å². The first kappa shape index (κ1) is 66.8. The van der Waals surface area contributed by atoms with Gasteiger partial charge >= 0.3 is 13.7 Å². The monoisotopic (exact) mass is 1300 g/mol. The number of benzene rings is 8. The van der Waals surface area contributed by atoms with Gasteiger partial charge < -0.3 is 18.4 Å². The second kappa shape index (κ2) is 26.4. The first-order chi connectivity index (χ1) is 45.7. The zero-order valence-electron chi connectivity index (χ0n) is 58.5. The van der Waals surface area contributed by atoms with Crippen molar-refractivity contribution in [3.63, 3.8) is 0 Å². The minimum atomic E-state index is -0.595. The topological polar surface area (TPSA) is 82.2 Å². The normalized spacial score (nSPS) is 13.0. The third kappa shape index (κ3) is 13.4. The minimum Gasteiger partial charge on any atom is -0.493 e. The van der Waals surface area contributed by atoms with Crippen molar-refractivity contribution in [3.05, 3.63) is 249 Å². The van der Waals surface area contributed by atoms with Gasteiger partial charge in [-0.2, -0.15) is 5.26 Å². The molecule has 12 heteroatoms. The van der Waals surface area contributed by atoms with Crippen molar-refractivity contribution in [2.75, 3.05) is 13.2 Å². The van der Waals surface area contributed by atoms with E-state index in [-0.39, 0.29) is 33.5 Å². The van der Waals surface area contributed by atoms with E-state index < -0.39 is 13.7 Å². The molecule has 4 aromatic heterocycles. The molecule has 0 N–H and O–H groups in total. The van der Waals surface area contributed by atoms with E-state index in [0.717, 1.165) is 75.6 Å². The SMILES string of the molecule is [C-]#[N+]/C(c1nc2ccccc2s1)=c1\c2c(-c3cccc(OCC(C)C)c3)n(B(c3ccc(C(C)(C)C)cc3)c3ccc(C(C)(C)C)cc3)/c(=C(/C#N)c3nc4ccccc4s3)c2c(-c2cccc(OCC(C)C)c2)n1B(c1ccc(C(C)(C)C)cc1)c1ccc(C(C)(C)C)cc1. The van der Waals surface area contributed by atoms with E-state index in [4.69, 9.17) is 24.3 Å². The minimum absolute atomic E-state index is 0.146. The fourth-order valence-corrected chi connectivity index (χ4v) is 14.9. The molecule has 0 fully saturated rings. The summed E-state index contributed by atoms with van der Waals surface area (Å²) in [5, 5.41) is 16.8. The zero-order chi connectivity index (χ0) is 68.2. The number of nitrogens with zero attached hydrogens (tertiary/aromatic N) is 6. The Bertz CT molecular complexity index is 4570. The van der Waals surface area contributed by atoms with Crippen LogP contribution in [0.3, 0.4) is 0 Å². The molecule has 0 radical (unpaired) electrons. The molecule has 8 aromatic carbocycles. The number of ether oxygens (including phenoxy) is 2. The highest BCUT2D eigenvalue weighted by Crippen LogP contribution is 2.40. The van der Waals surface area contributed by atoms with E-state index in [1.807, 2.05) is 48.5 Å². The van der Waals surface area contributed by atoms with Crippen molar-refractivity contribution >= 4 is 101 Å². The van der Waals surface area contributed by atoms with Crippen LogP contribution in [0, 0.1) is 29.7 Å². The van der Waals surface area contributed by atoms with Crippen LogP contribution in [0.1, 0.15) is 143 Å². The fourth-order valence-electron chi connectivity index (χ4n) is 13.0. The lowest BCUT2D eigenvalue weighted by molar-refractivity contribution is 0.271. The summed E-state index contributed by atoms with van der Waals surface area (Å²) in [6.07, 6.45) is 0. The highest BCUT2D eigenvalue weighted by molar-refractivity contribution is 7.20. The Morgan fingerprint density at radius 1 is 0.469 bits per heavy atom. The molecule has 0 aliphatic carbocycles. The summed E-state index contributed by atoms with van der Waals surface area (Å²) < 4.78 is 20.4. The molecule has 96 heavy (non-hydrogen) atoms. The molecule has 0 aliphatic heterocycles. The van der Waals surface area contributed by atoms with Crippen molar-refractivity contribution in [3.8, 4) is 40.1 Å². The van der Waals surface area contributed by atoms with Crippen molar-refractivity contribution in [2.24, 2.45) is 11.8 Å². The van der Waals surface area contributed by atoms with Gasteiger partial charge in [0.05, 0.1) is 45.6 Å². The second-order valence-electron chi connectivity index (χ2n) is 30.6. The lowest BCUT2D eigenvalue weighted by atomic mass is 9.49. The summed E-state index contributed by atoms with van der Waals surface area (Å²) in [7, 11) is 0. The Morgan fingerprint density at radius 2 is 0.812 bits per heavy atom. The van der Waals surface area contributed by atoms with E-state index in [0.29, 0.717) is 56.7 Å². The molecule has 8 nitrogen and oxygen atoms in total. The highest BCUT2D eigenvalue weighted by Gasteiger charge is 2.39. The molecule has 0 saturated heterocycles. The van der Waals surface area contributed by atoms with Crippen LogP contribution >= 0.6 is 22.7 Å². The van der Waals surface area contributed by atoms with Gasteiger partial charge in [0.15, 0.2) is 0 Å². The van der Waals surface area contributed by atoms with Crippen LogP contribution in [0.25, 0.3) is 69.8 Å². The van der Waals surface area contributed by atoms with Crippen molar-refractivity contribution in [2.45, 2.75) is 132 Å². The van der Waals surface area contributed by atoms with E-state index >= 15 is 0 Å². The summed E-state index contributed by atoms with van der Waals surface area (Å²) in [6.45, 7) is 45.5. The van der Waals surface area contributed by atoms with Crippen LogP contribution in [0.2, 0.25) is 0 Å². The maximum absolute atomic E-state index is 12.8. The standard InChI is InChI=1S/C84H86B2N6O2S2/c1-53(2)51-93-65-26-22-24-55(48-65)75-72-73(78(74(88-17)80-90-69-29-19-21-31-71(69)96-80)92(75)86(63-44-36-59(37-45-63)83(11,12)13)64-46-38-60(39-47-64)84(14,15)16)76(56-25-23-27-66(49-56)94-52-54(3)4)91(77(72)67(50-87)79-89-68-28-18-20-30-70(68)95-79)85(61-40-32-57(33-41-61)81(5,6)7)62-42-34-58(35-43-62)82(8,9)10/h18-49,53-54H,51-52H2,1-16H3/b77-67-,78-74+. The van der Waals surface area contributed by atoms with E-state index in [9.17, 15) is 11.8 Å². The fraction of sp³-hybridized carbons (Fsp3) is 0.286. The number of rotatable bonds is 16. The van der Waals surface area contributed by atoms with Gasteiger partial charge in [-0.15, -0.1) is 22.7 Å². The average molecular weight is 1300 g/mol. The lowest BCUT2D eigenvalue weighted by Crippen LogP contribution is -2.54. The number of nitriles is 1. The predicted octanol–water partition coefficient (Wildman–Crippen LogP) is 17.4. The number of para-hydroxylation sites is 2. The van der Waals surface area contributed by atoms with Crippen LogP contribution in [0.15, 0.2) is 194 Å². The van der Waals surface area contributed by atoms with Gasteiger partial charge in [0, 0.05) is 38.6 Å². The van der Waals surface area contributed by atoms with Gasteiger partial charge in [-0.3, -0.25) is 0 Å². The highest BCUT2D eigenvalue weighted by atomic mass is 32.1. The Balaban J connectivity index is 1.44. The van der Waals surface area contributed by atoms with Gasteiger partial charge in [0.1, 0.15) is 33.2 Å². The third-order valence-corrected chi connectivity index (χ3v) is 20.2. The second-order valence-corrected chi connectivity index (χ2v) is 32.6. The van der Waals surface area contributed by atoms with Crippen molar-refractivity contribution in [1.29, 1.82) is 5.26 Å². The maximum Gasteiger partial charge on any atom is 0.328 e. The molecule has 0 amide bonds. The average Bonchev–Trinajstić information content (AvgIpc) is 1.52. The smallest absolute Gasteiger partial charge is 0.328 e. The lowest BCUT2D eigenvalue weighted by Gasteiger charge is -2.27. The molecular weight excluding hydrogens is 1210 g/mol. The molecule has 0 unspecified atom stereocenters. The first-order valence-corrected chi connectivity index (χ1v) is 35.3. The Morgan fingerprint density at radius 3 is 1.16 bits per heavy atom. The molecule has 0 aliphatic rings. The van der Waals surface area contributed by atoms with Crippen LogP contribution in [-0.2, 0) is 21.7 Å². The quantitative estimate of drug-likeness (QED) is 0.0711. The molecule has 4 heterocycles. The number of thiazole rings is 2. The summed E-state index contributed by atoms with van der Waals surface area (Å²) in [4.78, 5) is 15.8. The Hall–Kier alpha value is -9.19. The molecule has 0 saturated carbocycles. The van der Waals surface area contributed by atoms with Gasteiger partial charge in [-0.25, -0.2) is 14.8 Å². The Labute approximate surface area is 576 Å². The van der Waals surface area contributed by atoms with Gasteiger partial charge in [-0.1, -0.05) is 278 Å². The molecule has 0 spiro atoms. The summed E-state index contributed by atoms with van der Waals surface area (Å²) in [5.41, 5.74) is 13.9. The van der Waals surface area contributed by atoms with Crippen molar-refractivity contribution < 1.29 is 9.47 Å². The van der Waals surface area contributed by atoms with Crippen LogP contribution in [-0.4, -0.2) is 45.8 Å². The molecule has 12 rings (SSSR count). The van der Waals surface area contributed by atoms with E-state index in [1.165, 1.54) is 44.9 Å². The molecule has 0 bridgehead atoms. The predicted molar refractivity (Wildman–Crippen MR) is 409 cm³/mol. The van der Waals surface area contributed by atoms with Crippen LogP contribution in [0.5, 0.6) is 11.5 Å². The molecule has 0 atom stereocenters. The number of hydrogen-bond donors (Lipinski definition) is 0. The summed E-state index contributed by atoms with van der Waals surface area (Å²) >= 11 is 3.04. The zero-order valence-corrected chi connectivity index (χ0v) is 60.1. The third-order valence-electron chi connectivity index (χ3n) is 18.1. The summed E-state index contributed by atoms with van der Waals surface area (Å²) in [5.74, 6) is 1.89. The van der Waals surface area contributed by atoms with E-state index in [1.54, 1.807) is 0 Å². The largest absolute Gasteiger partial charge is 0.493 e. The van der Waals surface area contributed by atoms with Gasteiger partial charge in [0.25, 0.3) is 0 Å². The first-order valence-electron chi connectivity index (χ1n) is 33.6. The molecule has 12 aromatic rings. The van der Waals surface area contributed by atoms with Gasteiger partial charge in [-0.05, 0) is 104 Å². The van der Waals surface area contributed by atoms with Crippen LogP contribution in [0.4, 0.5) is 0 Å². The molecular formula is C84H86B2N6O2S2. The number of aromatic nitrogens is 4. The number of fused-ring (bicyclic) bond motifs is 3. The summed E-state index contributed by atoms with van der Waals surface area (Å²) in [6, 6.07) is 72.6. The van der Waals surface area contributed by atoms with Crippen molar-refractivity contribution in [1.82, 2.24) is 18.9 Å². The van der Waals surface area contributed by atoms with Gasteiger partial charge in [0.2, 0.25) is 5.70 Å². The maximum atomic E-state index is 12.8.